The summed E-state index contributed by atoms with van der Waals surface area (Å²) in [6.45, 7) is 5.70. The Morgan fingerprint density at radius 1 is 0.755 bits per heavy atom. The lowest BCUT2D eigenvalue weighted by molar-refractivity contribution is -0.161. The van der Waals surface area contributed by atoms with Crippen LogP contribution in [0, 0.1) is 17.8 Å². The van der Waals surface area contributed by atoms with Gasteiger partial charge in [0, 0.05) is 25.2 Å². The predicted molar refractivity (Wildman–Crippen MR) is 209 cm³/mol. The third-order valence-electron chi connectivity index (χ3n) is 9.97. The van der Waals surface area contributed by atoms with Crippen LogP contribution in [0.3, 0.4) is 0 Å². The number of rotatable bonds is 33. The fourth-order valence-electron chi connectivity index (χ4n) is 6.79. The Kier molecular flexibility index (Phi) is 28.5. The van der Waals surface area contributed by atoms with Gasteiger partial charge in [-0.2, -0.15) is 0 Å². The molecule has 6 atom stereocenters. The van der Waals surface area contributed by atoms with Crippen LogP contribution in [0.1, 0.15) is 168 Å². The zero-order chi connectivity index (χ0) is 39.3. The van der Waals surface area contributed by atoms with Crippen molar-refractivity contribution in [1.29, 1.82) is 0 Å². The lowest BCUT2D eigenvalue weighted by Gasteiger charge is -2.19. The van der Waals surface area contributed by atoms with E-state index in [1.807, 2.05) is 18.2 Å². The van der Waals surface area contributed by atoms with Crippen LogP contribution in [0.5, 0.6) is 0 Å². The largest absolute Gasteiger partial charge is 0.469 e. The minimum atomic E-state index is -4.81. The molecule has 12 heteroatoms. The van der Waals surface area contributed by atoms with E-state index in [1.54, 1.807) is 6.08 Å². The van der Waals surface area contributed by atoms with Crippen molar-refractivity contribution in [2.24, 2.45) is 17.8 Å². The Balaban J connectivity index is 2.30. The molecule has 0 spiro atoms. The van der Waals surface area contributed by atoms with Gasteiger partial charge in [0.1, 0.15) is 6.61 Å². The van der Waals surface area contributed by atoms with Crippen LogP contribution in [0.25, 0.3) is 0 Å². The van der Waals surface area contributed by atoms with Gasteiger partial charge < -0.3 is 34.6 Å². The van der Waals surface area contributed by atoms with Crippen LogP contribution in [0.15, 0.2) is 24.3 Å². The van der Waals surface area contributed by atoms with E-state index in [4.69, 9.17) is 19.3 Å². The highest BCUT2D eigenvalue weighted by Gasteiger charge is 2.39. The monoisotopic (exact) mass is 775 g/mol. The lowest BCUT2D eigenvalue weighted by atomic mass is 9.89. The fourth-order valence-corrected chi connectivity index (χ4v) is 7.15. The summed E-state index contributed by atoms with van der Waals surface area (Å²) < 4.78 is 26.4. The maximum Gasteiger partial charge on any atom is 0.469 e. The zero-order valence-corrected chi connectivity index (χ0v) is 34.1. The van der Waals surface area contributed by atoms with Gasteiger partial charge in [-0.3, -0.25) is 14.1 Å². The number of unbranched alkanes of at least 4 members (excludes halogenated alkanes) is 14. The molecule has 5 N–H and O–H groups in total. The maximum atomic E-state index is 12.4. The van der Waals surface area contributed by atoms with E-state index in [1.165, 1.54) is 57.8 Å². The zero-order valence-electron chi connectivity index (χ0n) is 33.2. The molecule has 0 aliphatic heterocycles. The summed E-state index contributed by atoms with van der Waals surface area (Å²) in [6.07, 6.45) is 25.7. The van der Waals surface area contributed by atoms with Crippen LogP contribution in [-0.2, 0) is 28.2 Å². The van der Waals surface area contributed by atoms with E-state index in [2.05, 4.69) is 25.3 Å². The number of esters is 2. The molecule has 1 aliphatic carbocycles. The van der Waals surface area contributed by atoms with Gasteiger partial charge in [-0.25, -0.2) is 4.57 Å². The number of aliphatic hydroxyl groups is 3. The Bertz CT molecular complexity index is 1040. The first-order valence-corrected chi connectivity index (χ1v) is 22.3. The first-order valence-electron chi connectivity index (χ1n) is 20.7. The minimum absolute atomic E-state index is 0.0921. The van der Waals surface area contributed by atoms with Crippen LogP contribution in [0.2, 0.25) is 0 Å². The first kappa shape index (κ1) is 49.4. The average molecular weight is 775 g/mol. The van der Waals surface area contributed by atoms with E-state index in [-0.39, 0.29) is 31.3 Å². The number of allylic oxidation sites excluding steroid dienone is 2. The maximum absolute atomic E-state index is 12.4. The summed E-state index contributed by atoms with van der Waals surface area (Å²) in [6, 6.07) is 0. The standard InChI is InChI=1S/C41H75O11P/c1-4-5-18-24-34(42)28-29-37-36(38(43)30-39(37)44)25-20-16-17-21-26-40(45)50-31-35(32-51-53(47,48)49)52-41(46)27-22-15-13-11-9-7-6-8-10-12-14-19-23-33(2)3/h16,20,28-29,33-39,42-44H,4-15,17-19,21-27,30-32H2,1-3H3,(H2,47,48,49)/b20-16+,29-28+/t34-,35+,36+,37+,38-,39+/m0/s1. The van der Waals surface area contributed by atoms with Gasteiger partial charge in [-0.05, 0) is 43.9 Å². The highest BCUT2D eigenvalue weighted by molar-refractivity contribution is 7.46. The molecular weight excluding hydrogens is 699 g/mol. The third-order valence-corrected chi connectivity index (χ3v) is 10.5. The van der Waals surface area contributed by atoms with Crippen LogP contribution >= 0.6 is 7.82 Å². The number of carbonyl (C=O) groups is 2. The Morgan fingerprint density at radius 2 is 1.34 bits per heavy atom. The minimum Gasteiger partial charge on any atom is -0.462 e. The summed E-state index contributed by atoms with van der Waals surface area (Å²) >= 11 is 0. The van der Waals surface area contributed by atoms with Crippen molar-refractivity contribution in [3.05, 3.63) is 24.3 Å². The summed E-state index contributed by atoms with van der Waals surface area (Å²) in [7, 11) is -4.81. The molecule has 0 aromatic rings. The van der Waals surface area contributed by atoms with Crippen molar-refractivity contribution < 1.29 is 53.3 Å². The summed E-state index contributed by atoms with van der Waals surface area (Å²) in [5.41, 5.74) is 0. The number of phosphoric acid groups is 1. The molecule has 0 heterocycles. The molecule has 310 valence electrons. The molecular formula is C41H75O11P. The molecule has 0 bridgehead atoms. The molecule has 0 radical (unpaired) electrons. The average Bonchev–Trinajstić information content (AvgIpc) is 3.36. The molecule has 0 saturated heterocycles. The SMILES string of the molecule is CCCCC[C@H](O)/C=C/[C@@H]1[C@@H](C/C=C/CCCC(=O)OC[C@H](COP(=O)(O)O)OC(=O)CCCCCCCCCCCCCCC(C)C)[C@@H](O)C[C@H]1O. The van der Waals surface area contributed by atoms with E-state index >= 15 is 0 Å². The number of carbonyl (C=O) groups excluding carboxylic acids is 2. The van der Waals surface area contributed by atoms with Crippen LogP contribution < -0.4 is 0 Å². The van der Waals surface area contributed by atoms with Crippen LogP contribution in [0.4, 0.5) is 0 Å². The molecule has 11 nitrogen and oxygen atoms in total. The Hall–Kier alpha value is -1.59. The van der Waals surface area contributed by atoms with E-state index in [9.17, 15) is 29.5 Å². The van der Waals surface area contributed by atoms with Crippen molar-refractivity contribution in [3.63, 3.8) is 0 Å². The number of ether oxygens (including phenoxy) is 2. The third kappa shape index (κ3) is 27.6. The predicted octanol–water partition coefficient (Wildman–Crippen LogP) is 8.64. The Morgan fingerprint density at radius 3 is 1.94 bits per heavy atom. The number of hydrogen-bond donors (Lipinski definition) is 5. The molecule has 0 amide bonds. The molecule has 1 fully saturated rings. The van der Waals surface area contributed by atoms with Gasteiger partial charge in [0.25, 0.3) is 0 Å². The van der Waals surface area contributed by atoms with Crippen molar-refractivity contribution in [2.45, 2.75) is 193 Å². The highest BCUT2D eigenvalue weighted by atomic mass is 31.2. The van der Waals surface area contributed by atoms with Gasteiger partial charge in [0.05, 0.1) is 24.9 Å². The van der Waals surface area contributed by atoms with Gasteiger partial charge in [-0.1, -0.05) is 141 Å². The van der Waals surface area contributed by atoms with Crippen LogP contribution in [-0.4, -0.2) is 74.7 Å². The molecule has 1 rings (SSSR count). The van der Waals surface area contributed by atoms with Gasteiger partial charge in [0.15, 0.2) is 6.10 Å². The molecule has 0 aromatic carbocycles. The second-order valence-corrected chi connectivity index (χ2v) is 16.7. The number of hydrogen-bond acceptors (Lipinski definition) is 9. The van der Waals surface area contributed by atoms with Gasteiger partial charge in [-0.15, -0.1) is 0 Å². The second kappa shape index (κ2) is 30.6. The fraction of sp³-hybridized carbons (Fsp3) is 0.854. The molecule has 0 unspecified atom stereocenters. The smallest absolute Gasteiger partial charge is 0.462 e. The number of aliphatic hydroxyl groups excluding tert-OH is 3. The van der Waals surface area contributed by atoms with E-state index in [0.717, 1.165) is 44.4 Å². The topological polar surface area (TPSA) is 180 Å². The quantitative estimate of drug-likeness (QED) is 0.0186. The van der Waals surface area contributed by atoms with Crippen molar-refractivity contribution in [2.75, 3.05) is 13.2 Å². The Labute approximate surface area is 320 Å². The van der Waals surface area contributed by atoms with Crippen molar-refractivity contribution in [3.8, 4) is 0 Å². The van der Waals surface area contributed by atoms with Gasteiger partial charge >= 0.3 is 19.8 Å². The summed E-state index contributed by atoms with van der Waals surface area (Å²) in [5, 5.41) is 31.2. The summed E-state index contributed by atoms with van der Waals surface area (Å²) in [5.74, 6) is -0.673. The molecule has 53 heavy (non-hydrogen) atoms. The normalized spacial score (nSPS) is 20.5. The summed E-state index contributed by atoms with van der Waals surface area (Å²) in [4.78, 5) is 43.0. The first-order chi connectivity index (χ1) is 25.3. The second-order valence-electron chi connectivity index (χ2n) is 15.4. The highest BCUT2D eigenvalue weighted by Crippen LogP contribution is 2.37. The molecule has 1 saturated carbocycles. The van der Waals surface area contributed by atoms with Crippen molar-refractivity contribution in [1.82, 2.24) is 0 Å². The van der Waals surface area contributed by atoms with Crippen molar-refractivity contribution >= 4 is 19.8 Å². The van der Waals surface area contributed by atoms with E-state index in [0.29, 0.717) is 38.5 Å². The number of phosphoric ester groups is 1. The lowest BCUT2D eigenvalue weighted by Crippen LogP contribution is -2.29. The molecule has 0 aromatic heterocycles. The molecule has 1 aliphatic rings. The van der Waals surface area contributed by atoms with Gasteiger partial charge in [0.2, 0.25) is 0 Å². The van der Waals surface area contributed by atoms with E-state index < -0.39 is 50.8 Å².